The van der Waals surface area contributed by atoms with Crippen molar-refractivity contribution in [3.63, 3.8) is 0 Å². The van der Waals surface area contributed by atoms with Gasteiger partial charge in [-0.25, -0.2) is 8.78 Å². The summed E-state index contributed by atoms with van der Waals surface area (Å²) in [7, 11) is 0. The summed E-state index contributed by atoms with van der Waals surface area (Å²) in [4.78, 5) is 0. The lowest BCUT2D eigenvalue weighted by atomic mass is 10.1. The van der Waals surface area contributed by atoms with Gasteiger partial charge in [-0.15, -0.1) is 0 Å². The lowest BCUT2D eigenvalue weighted by Gasteiger charge is -2.09. The molecule has 0 saturated heterocycles. The molecule has 6 heteroatoms. The minimum absolute atomic E-state index is 0.135. The number of hydrogen-bond acceptors (Lipinski definition) is 3. The van der Waals surface area contributed by atoms with Crippen LogP contribution in [0.15, 0.2) is 12.3 Å². The third-order valence-electron chi connectivity index (χ3n) is 2.48. The molecular weight excluding hydrogens is 242 g/mol. The van der Waals surface area contributed by atoms with Crippen LogP contribution in [0.25, 0.3) is 0 Å². The molecule has 0 spiro atoms. The molecule has 0 aliphatic carbocycles. The molecule has 1 atom stereocenters. The Morgan fingerprint density at radius 2 is 2.17 bits per heavy atom. The van der Waals surface area contributed by atoms with Crippen LogP contribution in [0.5, 0.6) is 0 Å². The van der Waals surface area contributed by atoms with Crippen LogP contribution in [0.3, 0.4) is 0 Å². The largest absolute Gasteiger partial charge is 0.393 e. The van der Waals surface area contributed by atoms with Gasteiger partial charge in [0.05, 0.1) is 11.8 Å². The molecule has 0 aliphatic heterocycles. The van der Waals surface area contributed by atoms with Crippen molar-refractivity contribution in [3.8, 4) is 0 Å². The molecule has 0 aliphatic rings. The zero-order valence-electron chi connectivity index (χ0n) is 10.7. The maximum atomic E-state index is 11.8. The van der Waals surface area contributed by atoms with E-state index in [1.54, 1.807) is 0 Å². The van der Waals surface area contributed by atoms with Crippen LogP contribution in [0.2, 0.25) is 0 Å². The summed E-state index contributed by atoms with van der Waals surface area (Å²) in [6.45, 7) is 3.60. The van der Waals surface area contributed by atoms with Crippen LogP contribution in [-0.4, -0.2) is 40.6 Å². The van der Waals surface area contributed by atoms with E-state index >= 15 is 0 Å². The number of rotatable bonds is 8. The van der Waals surface area contributed by atoms with E-state index < -0.39 is 19.1 Å². The Kier molecular flexibility index (Phi) is 6.21. The Hall–Kier alpha value is -1.01. The van der Waals surface area contributed by atoms with Gasteiger partial charge in [0.15, 0.2) is 0 Å². The monoisotopic (exact) mass is 262 g/mol. The van der Waals surface area contributed by atoms with Gasteiger partial charge in [0.1, 0.15) is 6.61 Å². The summed E-state index contributed by atoms with van der Waals surface area (Å²) in [6, 6.07) is 2.13. The summed E-state index contributed by atoms with van der Waals surface area (Å²) in [5.74, 6) is 0. The number of ether oxygens (including phenoxy) is 1. The van der Waals surface area contributed by atoms with E-state index in [0.717, 1.165) is 5.69 Å². The van der Waals surface area contributed by atoms with E-state index in [-0.39, 0.29) is 12.6 Å². The second-order valence-corrected chi connectivity index (χ2v) is 4.49. The highest BCUT2D eigenvalue weighted by atomic mass is 19.3. The van der Waals surface area contributed by atoms with Gasteiger partial charge in [0, 0.05) is 25.3 Å². The van der Waals surface area contributed by atoms with Crippen molar-refractivity contribution in [2.24, 2.45) is 0 Å². The second-order valence-electron chi connectivity index (χ2n) is 4.49. The van der Waals surface area contributed by atoms with Crippen molar-refractivity contribution < 1.29 is 18.6 Å². The molecule has 1 aromatic heterocycles. The first-order valence-electron chi connectivity index (χ1n) is 6.07. The Morgan fingerprint density at radius 1 is 1.44 bits per heavy atom. The highest BCUT2D eigenvalue weighted by Gasteiger charge is 2.10. The molecule has 104 valence electrons. The van der Waals surface area contributed by atoms with Gasteiger partial charge < -0.3 is 9.84 Å². The smallest absolute Gasteiger partial charge is 0.261 e. The first-order chi connectivity index (χ1) is 8.49. The SMILES string of the molecule is CC(C)n1ccc(CC(O)CCOCC(F)F)n1. The van der Waals surface area contributed by atoms with E-state index in [4.69, 9.17) is 4.74 Å². The molecule has 1 rings (SSSR count). The predicted molar refractivity (Wildman–Crippen MR) is 63.8 cm³/mol. The van der Waals surface area contributed by atoms with E-state index in [9.17, 15) is 13.9 Å². The highest BCUT2D eigenvalue weighted by molar-refractivity contribution is 5.01. The number of aliphatic hydroxyl groups is 1. The van der Waals surface area contributed by atoms with Crippen LogP contribution in [0.1, 0.15) is 32.0 Å². The summed E-state index contributed by atoms with van der Waals surface area (Å²) in [5.41, 5.74) is 0.796. The van der Waals surface area contributed by atoms with Gasteiger partial charge in [-0.05, 0) is 26.3 Å². The number of alkyl halides is 2. The Bertz CT molecular complexity index is 343. The Labute approximate surface area is 106 Å². The second kappa shape index (κ2) is 7.43. The van der Waals surface area contributed by atoms with E-state index in [1.165, 1.54) is 0 Å². The van der Waals surface area contributed by atoms with E-state index in [1.807, 2.05) is 30.8 Å². The molecule has 0 amide bonds. The fraction of sp³-hybridized carbons (Fsp3) is 0.750. The standard InChI is InChI=1S/C12H20F2N2O2/c1-9(2)16-5-3-10(15-16)7-11(17)4-6-18-8-12(13)14/h3,5,9,11-12,17H,4,6-8H2,1-2H3. The van der Waals surface area contributed by atoms with Crippen molar-refractivity contribution in [1.82, 2.24) is 9.78 Å². The van der Waals surface area contributed by atoms with Gasteiger partial charge in [0.25, 0.3) is 6.43 Å². The molecule has 1 heterocycles. The molecule has 1 N–H and O–H groups in total. The molecule has 1 aromatic rings. The molecule has 0 aromatic carbocycles. The third kappa shape index (κ3) is 5.55. The highest BCUT2D eigenvalue weighted by Crippen LogP contribution is 2.08. The quantitative estimate of drug-likeness (QED) is 0.729. The maximum absolute atomic E-state index is 11.8. The average molecular weight is 262 g/mol. The lowest BCUT2D eigenvalue weighted by Crippen LogP contribution is -2.16. The normalized spacial score (nSPS) is 13.5. The van der Waals surface area contributed by atoms with Crippen molar-refractivity contribution in [1.29, 1.82) is 0 Å². The third-order valence-corrected chi connectivity index (χ3v) is 2.48. The number of aromatic nitrogens is 2. The lowest BCUT2D eigenvalue weighted by molar-refractivity contribution is 0.00502. The van der Waals surface area contributed by atoms with Gasteiger partial charge in [-0.2, -0.15) is 5.10 Å². The molecule has 18 heavy (non-hydrogen) atoms. The Morgan fingerprint density at radius 3 is 2.72 bits per heavy atom. The predicted octanol–water partition coefficient (Wildman–Crippen LogP) is 2.04. The molecule has 0 radical (unpaired) electrons. The summed E-state index contributed by atoms with van der Waals surface area (Å²) in [5, 5.41) is 14.0. The van der Waals surface area contributed by atoms with Crippen LogP contribution in [-0.2, 0) is 11.2 Å². The summed E-state index contributed by atoms with van der Waals surface area (Å²) >= 11 is 0. The summed E-state index contributed by atoms with van der Waals surface area (Å²) < 4.78 is 30.1. The topological polar surface area (TPSA) is 47.3 Å². The number of nitrogens with zero attached hydrogens (tertiary/aromatic N) is 2. The number of aliphatic hydroxyl groups excluding tert-OH is 1. The van der Waals surface area contributed by atoms with Crippen LogP contribution < -0.4 is 0 Å². The molecule has 0 fully saturated rings. The van der Waals surface area contributed by atoms with Crippen molar-refractivity contribution in [2.45, 2.75) is 45.3 Å². The molecular formula is C12H20F2N2O2. The number of halogens is 2. The van der Waals surface area contributed by atoms with Gasteiger partial charge in [-0.3, -0.25) is 4.68 Å². The zero-order chi connectivity index (χ0) is 13.5. The number of hydrogen-bond donors (Lipinski definition) is 1. The van der Waals surface area contributed by atoms with Crippen LogP contribution >= 0.6 is 0 Å². The molecule has 0 saturated carbocycles. The first kappa shape index (κ1) is 15.0. The van der Waals surface area contributed by atoms with Gasteiger partial charge in [0.2, 0.25) is 0 Å². The van der Waals surface area contributed by atoms with Crippen LogP contribution in [0, 0.1) is 0 Å². The Balaban J connectivity index is 2.24. The van der Waals surface area contributed by atoms with Gasteiger partial charge >= 0.3 is 0 Å². The van der Waals surface area contributed by atoms with Crippen molar-refractivity contribution >= 4 is 0 Å². The minimum Gasteiger partial charge on any atom is -0.393 e. The minimum atomic E-state index is -2.45. The fourth-order valence-corrected chi connectivity index (χ4v) is 1.51. The molecule has 4 nitrogen and oxygen atoms in total. The maximum Gasteiger partial charge on any atom is 0.261 e. The van der Waals surface area contributed by atoms with Crippen molar-refractivity contribution in [2.75, 3.05) is 13.2 Å². The van der Waals surface area contributed by atoms with Crippen molar-refractivity contribution in [3.05, 3.63) is 18.0 Å². The average Bonchev–Trinajstić information content (AvgIpc) is 2.72. The molecule has 0 bridgehead atoms. The zero-order valence-corrected chi connectivity index (χ0v) is 10.7. The first-order valence-corrected chi connectivity index (χ1v) is 6.07. The van der Waals surface area contributed by atoms with Gasteiger partial charge in [-0.1, -0.05) is 0 Å². The van der Waals surface area contributed by atoms with Crippen LogP contribution in [0.4, 0.5) is 8.78 Å². The van der Waals surface area contributed by atoms with E-state index in [2.05, 4.69) is 5.10 Å². The summed E-state index contributed by atoms with van der Waals surface area (Å²) in [6.07, 6.45) is -0.457. The van der Waals surface area contributed by atoms with E-state index in [0.29, 0.717) is 12.8 Å². The fourth-order valence-electron chi connectivity index (χ4n) is 1.51. The molecule has 1 unspecified atom stereocenters.